The molecule has 5 nitrogen and oxygen atoms in total. The van der Waals surface area contributed by atoms with Gasteiger partial charge in [0.15, 0.2) is 5.96 Å². The molecule has 1 aliphatic heterocycles. The first-order valence-electron chi connectivity index (χ1n) is 10.2. The summed E-state index contributed by atoms with van der Waals surface area (Å²) in [4.78, 5) is 11.9. The van der Waals surface area contributed by atoms with Crippen LogP contribution in [0.2, 0.25) is 0 Å². The first-order valence-corrected chi connectivity index (χ1v) is 10.2. The van der Waals surface area contributed by atoms with Gasteiger partial charge in [0.1, 0.15) is 0 Å². The predicted molar refractivity (Wildman–Crippen MR) is 127 cm³/mol. The molecule has 27 heavy (non-hydrogen) atoms. The monoisotopic (exact) mass is 487 g/mol. The molecule has 1 saturated heterocycles. The average Bonchev–Trinajstić information content (AvgIpc) is 2.69. The van der Waals surface area contributed by atoms with Crippen LogP contribution in [0.25, 0.3) is 0 Å². The van der Waals surface area contributed by atoms with Crippen molar-refractivity contribution in [1.82, 2.24) is 20.0 Å². The van der Waals surface area contributed by atoms with Crippen LogP contribution in [0.15, 0.2) is 35.3 Å². The van der Waals surface area contributed by atoms with E-state index in [4.69, 9.17) is 0 Å². The van der Waals surface area contributed by atoms with Crippen LogP contribution in [0.4, 0.5) is 0 Å². The number of rotatable bonds is 9. The van der Waals surface area contributed by atoms with Crippen molar-refractivity contribution in [3.63, 3.8) is 0 Å². The van der Waals surface area contributed by atoms with Gasteiger partial charge in [-0.05, 0) is 38.0 Å². The Bertz CT molecular complexity index is 511. The highest BCUT2D eigenvalue weighted by Gasteiger charge is 2.19. The zero-order valence-corrected chi connectivity index (χ0v) is 19.7. The fourth-order valence-corrected chi connectivity index (χ4v) is 3.49. The topological polar surface area (TPSA) is 34.1 Å². The summed E-state index contributed by atoms with van der Waals surface area (Å²) in [6, 6.07) is 10.8. The Balaban J connectivity index is 0.00000364. The van der Waals surface area contributed by atoms with E-state index >= 15 is 0 Å². The number of piperazine rings is 1. The second-order valence-corrected chi connectivity index (χ2v) is 6.96. The zero-order chi connectivity index (χ0) is 18.6. The van der Waals surface area contributed by atoms with Crippen molar-refractivity contribution in [1.29, 1.82) is 0 Å². The Morgan fingerprint density at radius 1 is 1.04 bits per heavy atom. The Kier molecular flexibility index (Phi) is 12.7. The molecule has 0 aromatic heterocycles. The third kappa shape index (κ3) is 8.79. The van der Waals surface area contributed by atoms with Crippen molar-refractivity contribution in [3.05, 3.63) is 35.9 Å². The highest BCUT2D eigenvalue weighted by atomic mass is 127. The lowest BCUT2D eigenvalue weighted by molar-refractivity contribution is 0.172. The van der Waals surface area contributed by atoms with E-state index in [0.717, 1.165) is 58.3 Å². The molecule has 2 rings (SSSR count). The number of guanidine groups is 1. The SMILES string of the molecule is CCN(CC)CCCCNC(=NC)N1CCN(Cc2ccccc2)CC1.I. The van der Waals surface area contributed by atoms with Crippen LogP contribution >= 0.6 is 24.0 Å². The normalized spacial score (nSPS) is 15.7. The van der Waals surface area contributed by atoms with Crippen LogP contribution in [0.3, 0.4) is 0 Å². The number of benzene rings is 1. The molecule has 0 saturated carbocycles. The first kappa shape index (κ1) is 24.2. The standard InChI is InChI=1S/C21H37N5.HI/c1-4-24(5-2)14-10-9-13-23-21(22-3)26-17-15-25(16-18-26)19-20-11-7-6-8-12-20;/h6-8,11-12H,4-5,9-10,13-19H2,1-3H3,(H,22,23);1H. The van der Waals surface area contributed by atoms with Gasteiger partial charge >= 0.3 is 0 Å². The maximum absolute atomic E-state index is 4.49. The van der Waals surface area contributed by atoms with Gasteiger partial charge in [0, 0.05) is 46.3 Å². The van der Waals surface area contributed by atoms with Gasteiger partial charge < -0.3 is 15.1 Å². The van der Waals surface area contributed by atoms with Crippen LogP contribution in [0, 0.1) is 0 Å². The highest BCUT2D eigenvalue weighted by Crippen LogP contribution is 2.08. The third-order valence-electron chi connectivity index (χ3n) is 5.21. The molecule has 0 bridgehead atoms. The molecule has 1 fully saturated rings. The van der Waals surface area contributed by atoms with Crippen molar-refractivity contribution in [3.8, 4) is 0 Å². The fourth-order valence-electron chi connectivity index (χ4n) is 3.49. The second kappa shape index (κ2) is 14.2. The van der Waals surface area contributed by atoms with E-state index < -0.39 is 0 Å². The summed E-state index contributed by atoms with van der Waals surface area (Å²) >= 11 is 0. The second-order valence-electron chi connectivity index (χ2n) is 6.96. The van der Waals surface area contributed by atoms with Gasteiger partial charge in [-0.15, -0.1) is 24.0 Å². The molecule has 1 aliphatic rings. The Hall–Kier alpha value is -0.860. The maximum atomic E-state index is 4.49. The van der Waals surface area contributed by atoms with E-state index in [1.807, 2.05) is 7.05 Å². The molecule has 1 N–H and O–H groups in total. The van der Waals surface area contributed by atoms with E-state index in [1.165, 1.54) is 24.9 Å². The maximum Gasteiger partial charge on any atom is 0.193 e. The molecule has 0 atom stereocenters. The minimum atomic E-state index is 0. The van der Waals surface area contributed by atoms with Gasteiger partial charge in [0.25, 0.3) is 0 Å². The lowest BCUT2D eigenvalue weighted by Gasteiger charge is -2.36. The first-order chi connectivity index (χ1) is 12.8. The highest BCUT2D eigenvalue weighted by molar-refractivity contribution is 14.0. The average molecular weight is 487 g/mol. The molecule has 0 spiro atoms. The number of nitrogens with zero attached hydrogens (tertiary/aromatic N) is 4. The van der Waals surface area contributed by atoms with E-state index in [1.54, 1.807) is 0 Å². The largest absolute Gasteiger partial charge is 0.356 e. The number of hydrogen-bond donors (Lipinski definition) is 1. The smallest absolute Gasteiger partial charge is 0.193 e. The molecule has 0 unspecified atom stereocenters. The zero-order valence-electron chi connectivity index (χ0n) is 17.4. The van der Waals surface area contributed by atoms with Crippen molar-refractivity contribution in [2.24, 2.45) is 4.99 Å². The molecular formula is C21H38IN5. The minimum absolute atomic E-state index is 0. The third-order valence-corrected chi connectivity index (χ3v) is 5.21. The summed E-state index contributed by atoms with van der Waals surface area (Å²) in [5, 5.41) is 3.55. The number of aliphatic imine (C=N–C) groups is 1. The molecule has 1 heterocycles. The van der Waals surface area contributed by atoms with Crippen molar-refractivity contribution in [2.75, 3.05) is 59.4 Å². The van der Waals surface area contributed by atoms with Crippen LogP contribution in [-0.4, -0.2) is 80.1 Å². The van der Waals surface area contributed by atoms with E-state index in [2.05, 4.69) is 69.2 Å². The van der Waals surface area contributed by atoms with E-state index in [-0.39, 0.29) is 24.0 Å². The van der Waals surface area contributed by atoms with Crippen molar-refractivity contribution < 1.29 is 0 Å². The molecule has 6 heteroatoms. The molecule has 1 aromatic carbocycles. The Labute approximate surface area is 183 Å². The van der Waals surface area contributed by atoms with Crippen molar-refractivity contribution in [2.45, 2.75) is 33.2 Å². The lowest BCUT2D eigenvalue weighted by Crippen LogP contribution is -2.52. The van der Waals surface area contributed by atoms with Gasteiger partial charge in [0.05, 0.1) is 0 Å². The van der Waals surface area contributed by atoms with Gasteiger partial charge in [-0.25, -0.2) is 0 Å². The lowest BCUT2D eigenvalue weighted by atomic mass is 10.2. The number of nitrogens with one attached hydrogen (secondary N) is 1. The van der Waals surface area contributed by atoms with Gasteiger partial charge in [-0.3, -0.25) is 9.89 Å². The van der Waals surface area contributed by atoms with Crippen LogP contribution < -0.4 is 5.32 Å². The fraction of sp³-hybridized carbons (Fsp3) is 0.667. The Morgan fingerprint density at radius 2 is 1.70 bits per heavy atom. The predicted octanol–water partition coefficient (Wildman–Crippen LogP) is 3.12. The molecule has 0 radical (unpaired) electrons. The summed E-state index contributed by atoms with van der Waals surface area (Å²) in [6.07, 6.45) is 2.44. The summed E-state index contributed by atoms with van der Waals surface area (Å²) in [5.41, 5.74) is 1.40. The molecule has 1 aromatic rings. The van der Waals surface area contributed by atoms with Gasteiger partial charge in [-0.1, -0.05) is 44.2 Å². The number of unbranched alkanes of at least 4 members (excludes halogenated alkanes) is 1. The summed E-state index contributed by atoms with van der Waals surface area (Å²) < 4.78 is 0. The van der Waals surface area contributed by atoms with Gasteiger partial charge in [0.2, 0.25) is 0 Å². The van der Waals surface area contributed by atoms with Crippen LogP contribution in [0.5, 0.6) is 0 Å². The van der Waals surface area contributed by atoms with E-state index in [0.29, 0.717) is 0 Å². The Morgan fingerprint density at radius 3 is 2.30 bits per heavy atom. The quantitative estimate of drug-likeness (QED) is 0.251. The number of halogens is 1. The van der Waals surface area contributed by atoms with Crippen LogP contribution in [-0.2, 0) is 6.54 Å². The summed E-state index contributed by atoms with van der Waals surface area (Å²) in [5.74, 6) is 1.06. The summed E-state index contributed by atoms with van der Waals surface area (Å²) in [7, 11) is 1.90. The molecular weight excluding hydrogens is 449 g/mol. The molecule has 0 aliphatic carbocycles. The summed E-state index contributed by atoms with van der Waals surface area (Å²) in [6.45, 7) is 14.3. The van der Waals surface area contributed by atoms with Crippen LogP contribution in [0.1, 0.15) is 32.3 Å². The minimum Gasteiger partial charge on any atom is -0.356 e. The number of hydrogen-bond acceptors (Lipinski definition) is 3. The van der Waals surface area contributed by atoms with E-state index in [9.17, 15) is 0 Å². The van der Waals surface area contributed by atoms with Crippen molar-refractivity contribution >= 4 is 29.9 Å². The molecule has 154 valence electrons. The van der Waals surface area contributed by atoms with Gasteiger partial charge in [-0.2, -0.15) is 0 Å². The molecule has 0 amide bonds.